The van der Waals surface area contributed by atoms with Crippen molar-refractivity contribution >= 4 is 18.2 Å². The molecular formula is C16H19NO5. The van der Waals surface area contributed by atoms with Gasteiger partial charge in [0.05, 0.1) is 5.56 Å². The summed E-state index contributed by atoms with van der Waals surface area (Å²) in [5.74, 6) is -0.496. The molecule has 0 aromatic heterocycles. The van der Waals surface area contributed by atoms with Gasteiger partial charge in [0.15, 0.2) is 19.5 Å². The molecule has 0 aliphatic carbocycles. The van der Waals surface area contributed by atoms with Gasteiger partial charge in [0.25, 0.3) is 5.91 Å². The fourth-order valence-electron chi connectivity index (χ4n) is 2.26. The van der Waals surface area contributed by atoms with Crippen LogP contribution in [0.1, 0.15) is 29.6 Å². The third-order valence-electron chi connectivity index (χ3n) is 3.46. The summed E-state index contributed by atoms with van der Waals surface area (Å²) in [5.41, 5.74) is 0.361. The summed E-state index contributed by atoms with van der Waals surface area (Å²) >= 11 is 0. The number of carbonyl (C=O) groups is 3. The Balaban J connectivity index is 1.73. The van der Waals surface area contributed by atoms with Crippen molar-refractivity contribution in [3.63, 3.8) is 0 Å². The smallest absolute Gasteiger partial charge is 0.344 e. The van der Waals surface area contributed by atoms with Crippen molar-refractivity contribution in [2.75, 3.05) is 26.3 Å². The van der Waals surface area contributed by atoms with Crippen molar-refractivity contribution in [1.82, 2.24) is 4.90 Å². The van der Waals surface area contributed by atoms with Gasteiger partial charge in [-0.15, -0.1) is 0 Å². The number of nitrogens with zero attached hydrogens (tertiary/aromatic N) is 1. The lowest BCUT2D eigenvalue weighted by molar-refractivity contribution is -0.154. The van der Waals surface area contributed by atoms with Crippen LogP contribution in [0.4, 0.5) is 0 Å². The lowest BCUT2D eigenvalue weighted by atomic mass is 10.1. The zero-order valence-electron chi connectivity index (χ0n) is 12.3. The Hall–Kier alpha value is -2.37. The maximum absolute atomic E-state index is 11.8. The van der Waals surface area contributed by atoms with Gasteiger partial charge in [-0.25, -0.2) is 4.79 Å². The molecule has 0 bridgehead atoms. The Bertz CT molecular complexity index is 537. The summed E-state index contributed by atoms with van der Waals surface area (Å²) in [6.07, 6.45) is 3.77. The first-order valence-corrected chi connectivity index (χ1v) is 7.31. The van der Waals surface area contributed by atoms with Gasteiger partial charge >= 0.3 is 5.97 Å². The first-order valence-electron chi connectivity index (χ1n) is 7.31. The Morgan fingerprint density at radius 2 is 1.82 bits per heavy atom. The van der Waals surface area contributed by atoms with Gasteiger partial charge in [-0.05, 0) is 31.4 Å². The summed E-state index contributed by atoms with van der Waals surface area (Å²) in [6.45, 7) is 0.842. The maximum Gasteiger partial charge on any atom is 0.344 e. The Kier molecular flexibility index (Phi) is 5.94. The van der Waals surface area contributed by atoms with Crippen LogP contribution in [0.5, 0.6) is 5.75 Å². The molecule has 1 aromatic carbocycles. The van der Waals surface area contributed by atoms with Crippen molar-refractivity contribution in [2.45, 2.75) is 19.3 Å². The zero-order chi connectivity index (χ0) is 15.8. The zero-order valence-corrected chi connectivity index (χ0v) is 12.3. The van der Waals surface area contributed by atoms with Gasteiger partial charge < -0.3 is 14.4 Å². The van der Waals surface area contributed by atoms with Crippen molar-refractivity contribution < 1.29 is 23.9 Å². The summed E-state index contributed by atoms with van der Waals surface area (Å²) in [6, 6.07) is 6.59. The van der Waals surface area contributed by atoms with Crippen LogP contribution in [0.15, 0.2) is 24.3 Å². The van der Waals surface area contributed by atoms with Crippen LogP contribution in [-0.2, 0) is 14.3 Å². The van der Waals surface area contributed by atoms with Crippen LogP contribution in [-0.4, -0.2) is 49.4 Å². The Morgan fingerprint density at radius 1 is 1.09 bits per heavy atom. The predicted molar refractivity (Wildman–Crippen MR) is 78.7 cm³/mol. The number of hydrogen-bond donors (Lipinski definition) is 0. The van der Waals surface area contributed by atoms with E-state index < -0.39 is 5.97 Å². The van der Waals surface area contributed by atoms with Crippen molar-refractivity contribution in [3.05, 3.63) is 29.8 Å². The van der Waals surface area contributed by atoms with Crippen LogP contribution in [0, 0.1) is 0 Å². The number of rotatable bonds is 6. The monoisotopic (exact) mass is 305 g/mol. The van der Waals surface area contributed by atoms with E-state index in [1.165, 1.54) is 0 Å². The van der Waals surface area contributed by atoms with Crippen LogP contribution in [0.2, 0.25) is 0 Å². The standard InChI is InChI=1S/C16H19NO5/c18-10-13-6-2-3-7-14(13)21-12-16(20)22-11-15(19)17-8-4-1-5-9-17/h2-3,6-7,10H,1,4-5,8-9,11-12H2. The number of aldehydes is 1. The molecule has 6 nitrogen and oxygen atoms in total. The largest absolute Gasteiger partial charge is 0.481 e. The minimum absolute atomic E-state index is 0.179. The Morgan fingerprint density at radius 3 is 2.55 bits per heavy atom. The molecule has 2 rings (SSSR count). The molecule has 0 N–H and O–H groups in total. The van der Waals surface area contributed by atoms with E-state index >= 15 is 0 Å². The molecule has 118 valence electrons. The number of carbonyl (C=O) groups excluding carboxylic acids is 3. The van der Waals surface area contributed by atoms with E-state index in [2.05, 4.69) is 0 Å². The molecule has 6 heteroatoms. The second-order valence-electron chi connectivity index (χ2n) is 5.05. The molecule has 1 amide bonds. The number of benzene rings is 1. The molecule has 0 saturated carbocycles. The average molecular weight is 305 g/mol. The molecular weight excluding hydrogens is 286 g/mol. The summed E-state index contributed by atoms with van der Waals surface area (Å²) < 4.78 is 10.1. The van der Waals surface area contributed by atoms with Gasteiger partial charge in [0.2, 0.25) is 0 Å². The normalized spacial score (nSPS) is 14.3. The third kappa shape index (κ3) is 4.58. The predicted octanol–water partition coefficient (Wildman–Crippen LogP) is 1.43. The van der Waals surface area contributed by atoms with E-state index in [0.717, 1.165) is 32.4 Å². The molecule has 1 fully saturated rings. The van der Waals surface area contributed by atoms with Crippen molar-refractivity contribution in [1.29, 1.82) is 0 Å². The van der Waals surface area contributed by atoms with Crippen molar-refractivity contribution in [3.8, 4) is 5.75 Å². The highest BCUT2D eigenvalue weighted by Crippen LogP contribution is 2.15. The van der Waals surface area contributed by atoms with Crippen LogP contribution >= 0.6 is 0 Å². The van der Waals surface area contributed by atoms with Crippen molar-refractivity contribution in [2.24, 2.45) is 0 Å². The average Bonchev–Trinajstić information content (AvgIpc) is 2.58. The second kappa shape index (κ2) is 8.17. The lowest BCUT2D eigenvalue weighted by Gasteiger charge is -2.26. The fourth-order valence-corrected chi connectivity index (χ4v) is 2.26. The molecule has 0 spiro atoms. The topological polar surface area (TPSA) is 72.9 Å². The first kappa shape index (κ1) is 16.0. The number of piperidine rings is 1. The number of likely N-dealkylation sites (tertiary alicyclic amines) is 1. The van der Waals surface area contributed by atoms with Crippen LogP contribution < -0.4 is 4.74 Å². The molecule has 0 radical (unpaired) electrons. The van der Waals surface area contributed by atoms with Gasteiger partial charge in [0.1, 0.15) is 5.75 Å². The van der Waals surface area contributed by atoms with Crippen LogP contribution in [0.25, 0.3) is 0 Å². The molecule has 22 heavy (non-hydrogen) atoms. The maximum atomic E-state index is 11.8. The molecule has 1 saturated heterocycles. The van der Waals surface area contributed by atoms with E-state index in [1.807, 2.05) is 0 Å². The first-order chi connectivity index (χ1) is 10.7. The van der Waals surface area contributed by atoms with Gasteiger partial charge in [-0.1, -0.05) is 12.1 Å². The summed E-state index contributed by atoms with van der Waals surface area (Å²) in [5, 5.41) is 0. The summed E-state index contributed by atoms with van der Waals surface area (Å²) in [4.78, 5) is 36.0. The molecule has 1 aliphatic rings. The SMILES string of the molecule is O=Cc1ccccc1OCC(=O)OCC(=O)N1CCCCC1. The van der Waals surface area contributed by atoms with Gasteiger partial charge in [0, 0.05) is 13.1 Å². The third-order valence-corrected chi connectivity index (χ3v) is 3.46. The number of amides is 1. The fraction of sp³-hybridized carbons (Fsp3) is 0.438. The molecule has 1 aliphatic heterocycles. The highest BCUT2D eigenvalue weighted by Gasteiger charge is 2.18. The number of ether oxygens (including phenoxy) is 2. The molecule has 1 heterocycles. The highest BCUT2D eigenvalue weighted by molar-refractivity contribution is 5.82. The number of hydrogen-bond acceptors (Lipinski definition) is 5. The molecule has 0 atom stereocenters. The highest BCUT2D eigenvalue weighted by atomic mass is 16.6. The minimum atomic E-state index is -0.633. The van der Waals surface area contributed by atoms with E-state index in [9.17, 15) is 14.4 Å². The van der Waals surface area contributed by atoms with Gasteiger partial charge in [-0.3, -0.25) is 9.59 Å². The molecule has 1 aromatic rings. The Labute approximate surface area is 129 Å². The van der Waals surface area contributed by atoms with E-state index in [0.29, 0.717) is 17.6 Å². The quantitative estimate of drug-likeness (QED) is 0.587. The van der Waals surface area contributed by atoms with E-state index in [4.69, 9.17) is 9.47 Å². The number of esters is 1. The lowest BCUT2D eigenvalue weighted by Crippen LogP contribution is -2.38. The second-order valence-corrected chi connectivity index (χ2v) is 5.05. The number of para-hydroxylation sites is 1. The van der Waals surface area contributed by atoms with E-state index in [1.54, 1.807) is 29.2 Å². The van der Waals surface area contributed by atoms with Gasteiger partial charge in [-0.2, -0.15) is 0 Å². The van der Waals surface area contributed by atoms with E-state index in [-0.39, 0.29) is 19.1 Å². The minimum Gasteiger partial charge on any atom is -0.481 e. The summed E-state index contributed by atoms with van der Waals surface area (Å²) in [7, 11) is 0. The molecule has 0 unspecified atom stereocenters. The van der Waals surface area contributed by atoms with Crippen LogP contribution in [0.3, 0.4) is 0 Å².